The molecule has 1 saturated heterocycles. The highest BCUT2D eigenvalue weighted by molar-refractivity contribution is 6.32. The molecule has 1 amide bonds. The molecule has 174 valence electrons. The lowest BCUT2D eigenvalue weighted by molar-refractivity contribution is -0.532. The molecule has 34 heavy (non-hydrogen) atoms. The summed E-state index contributed by atoms with van der Waals surface area (Å²) in [6.07, 6.45) is 0. The van der Waals surface area contributed by atoms with Crippen LogP contribution < -0.4 is 15.4 Å². The van der Waals surface area contributed by atoms with Crippen LogP contribution in [-0.4, -0.2) is 22.9 Å². The van der Waals surface area contributed by atoms with E-state index < -0.39 is 23.4 Å². The van der Waals surface area contributed by atoms with Crippen molar-refractivity contribution in [3.05, 3.63) is 104 Å². The maximum absolute atomic E-state index is 13.1. The lowest BCUT2D eigenvalue weighted by Crippen LogP contribution is -2.54. The largest absolute Gasteiger partial charge is 0.487 e. The molecule has 2 aliphatic rings. The van der Waals surface area contributed by atoms with E-state index in [-0.39, 0.29) is 11.0 Å². The quantitative estimate of drug-likeness (QED) is 0.375. The van der Waals surface area contributed by atoms with Gasteiger partial charge in [-0.15, -0.1) is 0 Å². The first kappa shape index (κ1) is 22.7. The van der Waals surface area contributed by atoms with E-state index in [4.69, 9.17) is 27.9 Å². The minimum Gasteiger partial charge on any atom is -0.487 e. The van der Waals surface area contributed by atoms with Gasteiger partial charge in [0.1, 0.15) is 12.4 Å². The predicted molar refractivity (Wildman–Crippen MR) is 130 cm³/mol. The molecule has 0 saturated carbocycles. The number of nitro groups is 1. The molecular formula is C25H21Cl2N3O4. The van der Waals surface area contributed by atoms with Crippen LogP contribution in [0.4, 0.5) is 5.69 Å². The van der Waals surface area contributed by atoms with Gasteiger partial charge in [-0.05, 0) is 48.4 Å². The summed E-state index contributed by atoms with van der Waals surface area (Å²) in [5, 5.41) is 19.5. The van der Waals surface area contributed by atoms with Crippen molar-refractivity contribution in [1.82, 2.24) is 5.32 Å². The molecule has 0 bridgehead atoms. The molecule has 9 heteroatoms. The van der Waals surface area contributed by atoms with E-state index in [2.05, 4.69) is 10.6 Å². The summed E-state index contributed by atoms with van der Waals surface area (Å²) in [5.41, 5.74) is 1.31. The maximum Gasteiger partial charge on any atom is 0.256 e. The van der Waals surface area contributed by atoms with Crippen molar-refractivity contribution >= 4 is 34.8 Å². The number of amides is 1. The highest BCUT2D eigenvalue weighted by atomic mass is 35.5. The standard InChI is InChI=1S/C25H21Cl2N3O4/c1-14-22(16-8-11-21(19(27)12-16)34-13-15-6-9-17(26)10-7-15)23(30(32)33)25(29-14)18-4-2-3-5-20(18)28-24(25)31/h2-12,14,22-23,29H,13H2,1H3,(H,28,31)/t14-,22+,23-,25-/m0/s1. The fraction of sp³-hybridized carbons (Fsp3) is 0.240. The molecule has 3 aromatic carbocycles. The summed E-state index contributed by atoms with van der Waals surface area (Å²) < 4.78 is 5.85. The summed E-state index contributed by atoms with van der Waals surface area (Å²) in [6, 6.07) is 18.0. The summed E-state index contributed by atoms with van der Waals surface area (Å²) >= 11 is 12.4. The van der Waals surface area contributed by atoms with Crippen LogP contribution in [0.2, 0.25) is 10.0 Å². The lowest BCUT2D eigenvalue weighted by Gasteiger charge is -2.25. The van der Waals surface area contributed by atoms with Gasteiger partial charge in [0.25, 0.3) is 11.9 Å². The molecule has 0 radical (unpaired) electrons. The number of nitrogens with zero attached hydrogens (tertiary/aromatic N) is 1. The van der Waals surface area contributed by atoms with E-state index in [1.54, 1.807) is 54.6 Å². The van der Waals surface area contributed by atoms with Crippen molar-refractivity contribution in [3.8, 4) is 5.75 Å². The van der Waals surface area contributed by atoms with Crippen LogP contribution in [0.15, 0.2) is 66.7 Å². The molecule has 4 atom stereocenters. The summed E-state index contributed by atoms with van der Waals surface area (Å²) in [4.78, 5) is 25.2. The highest BCUT2D eigenvalue weighted by Gasteiger charge is 2.67. The van der Waals surface area contributed by atoms with Crippen LogP contribution in [0.3, 0.4) is 0 Å². The van der Waals surface area contributed by atoms with Crippen molar-refractivity contribution in [3.63, 3.8) is 0 Å². The number of nitrogens with one attached hydrogen (secondary N) is 2. The number of hydrogen-bond acceptors (Lipinski definition) is 5. The average molecular weight is 498 g/mol. The first-order valence-corrected chi connectivity index (χ1v) is 11.6. The van der Waals surface area contributed by atoms with Gasteiger partial charge < -0.3 is 10.1 Å². The zero-order valence-corrected chi connectivity index (χ0v) is 19.6. The second-order valence-electron chi connectivity index (χ2n) is 8.60. The Morgan fingerprint density at radius 1 is 1.09 bits per heavy atom. The summed E-state index contributed by atoms with van der Waals surface area (Å²) in [5.74, 6) is -0.538. The van der Waals surface area contributed by atoms with Gasteiger partial charge in [-0.3, -0.25) is 20.2 Å². The molecule has 5 rings (SSSR count). The molecule has 1 fully saturated rings. The van der Waals surface area contributed by atoms with Crippen LogP contribution in [-0.2, 0) is 16.9 Å². The highest BCUT2D eigenvalue weighted by Crippen LogP contribution is 2.50. The number of carbonyl (C=O) groups is 1. The van der Waals surface area contributed by atoms with E-state index in [1.165, 1.54) is 0 Å². The Morgan fingerprint density at radius 2 is 1.82 bits per heavy atom. The minimum absolute atomic E-state index is 0.301. The SMILES string of the molecule is C[C@@H]1N[C@]2(C(=O)Nc3ccccc32)[C@@H]([N+](=O)[O-])[C@H]1c1ccc(OCc2ccc(Cl)cc2)c(Cl)c1. The molecule has 7 nitrogen and oxygen atoms in total. The Morgan fingerprint density at radius 3 is 2.53 bits per heavy atom. The van der Waals surface area contributed by atoms with Crippen LogP contribution in [0.1, 0.15) is 29.5 Å². The number of rotatable bonds is 5. The van der Waals surface area contributed by atoms with Crippen LogP contribution in [0.5, 0.6) is 5.75 Å². The van der Waals surface area contributed by atoms with Gasteiger partial charge in [0.15, 0.2) is 5.54 Å². The molecule has 3 aromatic rings. The van der Waals surface area contributed by atoms with Gasteiger partial charge in [0.05, 0.1) is 10.9 Å². The van der Waals surface area contributed by atoms with E-state index in [1.807, 2.05) is 19.1 Å². The van der Waals surface area contributed by atoms with Crippen molar-refractivity contribution in [2.75, 3.05) is 5.32 Å². The van der Waals surface area contributed by atoms with Crippen molar-refractivity contribution < 1.29 is 14.5 Å². The monoisotopic (exact) mass is 497 g/mol. The Kier molecular flexibility index (Phi) is 5.72. The third kappa shape index (κ3) is 3.60. The van der Waals surface area contributed by atoms with Gasteiger partial charge in [-0.1, -0.05) is 59.6 Å². The fourth-order valence-electron chi connectivity index (χ4n) is 5.14. The van der Waals surface area contributed by atoms with Gasteiger partial charge in [-0.2, -0.15) is 0 Å². The topological polar surface area (TPSA) is 93.5 Å². The summed E-state index contributed by atoms with van der Waals surface area (Å²) in [7, 11) is 0. The number of benzene rings is 3. The van der Waals surface area contributed by atoms with Crippen molar-refractivity contribution in [2.24, 2.45) is 0 Å². The molecule has 0 aliphatic carbocycles. The Bertz CT molecular complexity index is 1280. The van der Waals surface area contributed by atoms with Gasteiger partial charge >= 0.3 is 0 Å². The van der Waals surface area contributed by atoms with Gasteiger partial charge in [0.2, 0.25) is 0 Å². The molecule has 0 aromatic heterocycles. The smallest absolute Gasteiger partial charge is 0.256 e. The normalized spacial score (nSPS) is 25.3. The second kappa shape index (κ2) is 8.58. The zero-order chi connectivity index (χ0) is 24.0. The van der Waals surface area contributed by atoms with Crippen LogP contribution >= 0.6 is 23.2 Å². The van der Waals surface area contributed by atoms with E-state index in [0.29, 0.717) is 39.2 Å². The number of halogens is 2. The number of para-hydroxylation sites is 1. The van der Waals surface area contributed by atoms with E-state index in [9.17, 15) is 14.9 Å². The van der Waals surface area contributed by atoms with Crippen molar-refractivity contribution in [2.45, 2.75) is 37.1 Å². The number of fused-ring (bicyclic) bond motifs is 2. The molecule has 1 spiro atoms. The van der Waals surface area contributed by atoms with Crippen LogP contribution in [0, 0.1) is 10.1 Å². The first-order chi connectivity index (χ1) is 16.3. The Labute approximate surface area is 206 Å². The fourth-order valence-corrected chi connectivity index (χ4v) is 5.51. The Balaban J connectivity index is 1.46. The van der Waals surface area contributed by atoms with Crippen LogP contribution in [0.25, 0.3) is 0 Å². The van der Waals surface area contributed by atoms with E-state index >= 15 is 0 Å². The molecular weight excluding hydrogens is 477 g/mol. The average Bonchev–Trinajstić information content (AvgIpc) is 3.28. The molecule has 0 unspecified atom stereocenters. The Hall–Kier alpha value is -3.13. The van der Waals surface area contributed by atoms with Gasteiger partial charge in [0, 0.05) is 27.2 Å². The lowest BCUT2D eigenvalue weighted by atomic mass is 9.78. The third-order valence-electron chi connectivity index (χ3n) is 6.61. The first-order valence-electron chi connectivity index (χ1n) is 10.8. The second-order valence-corrected chi connectivity index (χ2v) is 9.45. The summed E-state index contributed by atoms with van der Waals surface area (Å²) in [6.45, 7) is 2.15. The molecule has 2 N–H and O–H groups in total. The number of carbonyl (C=O) groups excluding carboxylic acids is 1. The third-order valence-corrected chi connectivity index (χ3v) is 7.16. The van der Waals surface area contributed by atoms with E-state index in [0.717, 1.165) is 5.56 Å². The molecule has 2 heterocycles. The number of hydrogen-bond donors (Lipinski definition) is 2. The van der Waals surface area contributed by atoms with Crippen molar-refractivity contribution in [1.29, 1.82) is 0 Å². The predicted octanol–water partition coefficient (Wildman–Crippen LogP) is 5.14. The zero-order valence-electron chi connectivity index (χ0n) is 18.1. The molecule has 2 aliphatic heterocycles. The van der Waals surface area contributed by atoms with Gasteiger partial charge in [-0.25, -0.2) is 0 Å². The number of ether oxygens (including phenoxy) is 1. The minimum atomic E-state index is -1.46. The maximum atomic E-state index is 13.1. The number of anilines is 1.